The maximum Gasteiger partial charge on any atom is 0.329 e. The third kappa shape index (κ3) is 2.78. The van der Waals surface area contributed by atoms with Crippen LogP contribution in [0.1, 0.15) is 27.2 Å². The highest BCUT2D eigenvalue weighted by Gasteiger charge is 2.33. The Morgan fingerprint density at radius 1 is 1.47 bits per heavy atom. The molecule has 1 aliphatic heterocycles. The number of nitro groups is 1. The molecule has 1 aliphatic rings. The first kappa shape index (κ1) is 14.0. The molecule has 0 bridgehead atoms. The van der Waals surface area contributed by atoms with Gasteiger partial charge in [-0.15, -0.1) is 0 Å². The normalized spacial score (nSPS) is 27.4. The molecule has 2 heterocycles. The number of anilines is 1. The summed E-state index contributed by atoms with van der Waals surface area (Å²) in [5.74, 6) is 1.26. The fourth-order valence-corrected chi connectivity index (χ4v) is 2.81. The van der Waals surface area contributed by atoms with E-state index in [4.69, 9.17) is 11.6 Å². The zero-order valence-corrected chi connectivity index (χ0v) is 12.0. The molecule has 1 aromatic rings. The Hall–Kier alpha value is -1.43. The monoisotopic (exact) mass is 284 g/mol. The molecule has 2 rings (SSSR count). The second-order valence-electron chi connectivity index (χ2n) is 5.32. The topological polar surface area (TPSA) is 72.2 Å². The summed E-state index contributed by atoms with van der Waals surface area (Å²) in [6, 6.07) is 0.195. The van der Waals surface area contributed by atoms with Gasteiger partial charge in [0, 0.05) is 12.6 Å². The summed E-state index contributed by atoms with van der Waals surface area (Å²) in [4.78, 5) is 20.4. The highest BCUT2D eigenvalue weighted by atomic mass is 35.5. The minimum atomic E-state index is -0.456. The lowest BCUT2D eigenvalue weighted by Crippen LogP contribution is -2.46. The number of nitrogens with zero attached hydrogens (tertiary/aromatic N) is 4. The summed E-state index contributed by atoms with van der Waals surface area (Å²) in [5, 5.41) is 11.1. The van der Waals surface area contributed by atoms with Gasteiger partial charge in [0.1, 0.15) is 6.20 Å². The fourth-order valence-electron chi connectivity index (χ4n) is 2.68. The predicted octanol–water partition coefficient (Wildman–Crippen LogP) is 2.91. The van der Waals surface area contributed by atoms with Gasteiger partial charge in [-0.3, -0.25) is 10.1 Å². The minimum absolute atomic E-state index is 0.0404. The van der Waals surface area contributed by atoms with Gasteiger partial charge in [0.05, 0.1) is 4.92 Å². The van der Waals surface area contributed by atoms with E-state index in [9.17, 15) is 10.1 Å². The van der Waals surface area contributed by atoms with Gasteiger partial charge >= 0.3 is 5.69 Å². The van der Waals surface area contributed by atoms with Crippen LogP contribution in [0.2, 0.25) is 5.28 Å². The second kappa shape index (κ2) is 5.28. The molecule has 0 aromatic carbocycles. The lowest BCUT2D eigenvalue weighted by atomic mass is 9.86. The summed E-state index contributed by atoms with van der Waals surface area (Å²) in [6.07, 6.45) is 2.30. The third-order valence-electron chi connectivity index (χ3n) is 3.79. The van der Waals surface area contributed by atoms with Crippen molar-refractivity contribution in [1.82, 2.24) is 9.97 Å². The first-order valence-electron chi connectivity index (χ1n) is 6.33. The fraction of sp³-hybridized carbons (Fsp3) is 0.667. The van der Waals surface area contributed by atoms with Gasteiger partial charge in [-0.1, -0.05) is 13.8 Å². The van der Waals surface area contributed by atoms with Crippen molar-refractivity contribution in [3.8, 4) is 0 Å². The minimum Gasteiger partial charge on any atom is -0.348 e. The van der Waals surface area contributed by atoms with E-state index in [0.29, 0.717) is 17.7 Å². The number of hydrogen-bond donors (Lipinski definition) is 0. The van der Waals surface area contributed by atoms with Gasteiger partial charge in [0.2, 0.25) is 11.1 Å². The van der Waals surface area contributed by atoms with Crippen molar-refractivity contribution >= 4 is 23.1 Å². The van der Waals surface area contributed by atoms with Crippen molar-refractivity contribution in [2.45, 2.75) is 33.2 Å². The average Bonchev–Trinajstić information content (AvgIpc) is 2.33. The van der Waals surface area contributed by atoms with Gasteiger partial charge in [-0.2, -0.15) is 4.98 Å². The van der Waals surface area contributed by atoms with E-state index in [2.05, 4.69) is 30.7 Å². The Labute approximate surface area is 117 Å². The van der Waals surface area contributed by atoms with E-state index in [1.807, 2.05) is 4.90 Å². The SMILES string of the molecule is CC1CC(C)C(C)N(c2nc(Cl)ncc2[N+](=O)[O-])C1. The maximum absolute atomic E-state index is 11.1. The van der Waals surface area contributed by atoms with Gasteiger partial charge < -0.3 is 4.90 Å². The van der Waals surface area contributed by atoms with Crippen LogP contribution >= 0.6 is 11.6 Å². The summed E-state index contributed by atoms with van der Waals surface area (Å²) in [7, 11) is 0. The van der Waals surface area contributed by atoms with Crippen LogP contribution in [0.5, 0.6) is 0 Å². The van der Waals surface area contributed by atoms with Crippen LogP contribution in [-0.4, -0.2) is 27.5 Å². The summed E-state index contributed by atoms with van der Waals surface area (Å²) >= 11 is 5.79. The Morgan fingerprint density at radius 2 is 2.16 bits per heavy atom. The molecule has 0 radical (unpaired) electrons. The summed E-state index contributed by atoms with van der Waals surface area (Å²) in [6.45, 7) is 7.11. The van der Waals surface area contributed by atoms with Crippen molar-refractivity contribution in [3.05, 3.63) is 21.6 Å². The van der Waals surface area contributed by atoms with Crippen LogP contribution < -0.4 is 4.90 Å². The second-order valence-corrected chi connectivity index (χ2v) is 5.65. The highest BCUT2D eigenvalue weighted by molar-refractivity contribution is 6.28. The largest absolute Gasteiger partial charge is 0.348 e. The molecule has 7 heteroatoms. The maximum atomic E-state index is 11.1. The van der Waals surface area contributed by atoms with Crippen LogP contribution in [0.3, 0.4) is 0 Å². The molecule has 0 saturated carbocycles. The molecule has 104 valence electrons. The Bertz CT molecular complexity index is 497. The zero-order valence-electron chi connectivity index (χ0n) is 11.2. The molecular formula is C12H17ClN4O2. The smallest absolute Gasteiger partial charge is 0.329 e. The zero-order chi connectivity index (χ0) is 14.2. The molecule has 1 aromatic heterocycles. The van der Waals surface area contributed by atoms with Crippen LogP contribution in [0.25, 0.3) is 0 Å². The van der Waals surface area contributed by atoms with Crippen LogP contribution in [-0.2, 0) is 0 Å². The molecule has 19 heavy (non-hydrogen) atoms. The number of aromatic nitrogens is 2. The quantitative estimate of drug-likeness (QED) is 0.474. The number of rotatable bonds is 2. The lowest BCUT2D eigenvalue weighted by molar-refractivity contribution is -0.384. The molecule has 3 atom stereocenters. The van der Waals surface area contributed by atoms with E-state index >= 15 is 0 Å². The summed E-state index contributed by atoms with van der Waals surface area (Å²) in [5.41, 5.74) is -0.0856. The van der Waals surface area contributed by atoms with Crippen molar-refractivity contribution in [2.24, 2.45) is 11.8 Å². The lowest BCUT2D eigenvalue weighted by Gasteiger charge is -2.41. The molecule has 0 amide bonds. The summed E-state index contributed by atoms with van der Waals surface area (Å²) < 4.78 is 0. The van der Waals surface area contributed by atoms with Crippen LogP contribution in [0.15, 0.2) is 6.20 Å². The molecule has 3 unspecified atom stereocenters. The van der Waals surface area contributed by atoms with Gasteiger partial charge in [-0.25, -0.2) is 4.98 Å². The predicted molar refractivity (Wildman–Crippen MR) is 73.4 cm³/mol. The van der Waals surface area contributed by atoms with E-state index in [0.717, 1.165) is 13.0 Å². The molecule has 6 nitrogen and oxygen atoms in total. The number of hydrogen-bond acceptors (Lipinski definition) is 5. The highest BCUT2D eigenvalue weighted by Crippen LogP contribution is 2.35. The van der Waals surface area contributed by atoms with Gasteiger partial charge in [-0.05, 0) is 36.8 Å². The molecule has 1 saturated heterocycles. The molecular weight excluding hydrogens is 268 g/mol. The van der Waals surface area contributed by atoms with E-state index in [1.165, 1.54) is 6.20 Å². The van der Waals surface area contributed by atoms with E-state index in [-0.39, 0.29) is 17.0 Å². The van der Waals surface area contributed by atoms with Crippen molar-refractivity contribution in [2.75, 3.05) is 11.4 Å². The molecule has 0 spiro atoms. The van der Waals surface area contributed by atoms with E-state index in [1.54, 1.807) is 0 Å². The third-order valence-corrected chi connectivity index (χ3v) is 3.97. The van der Waals surface area contributed by atoms with E-state index < -0.39 is 4.92 Å². The first-order valence-corrected chi connectivity index (χ1v) is 6.71. The van der Waals surface area contributed by atoms with Crippen molar-refractivity contribution in [1.29, 1.82) is 0 Å². The Morgan fingerprint density at radius 3 is 2.79 bits per heavy atom. The van der Waals surface area contributed by atoms with Crippen LogP contribution in [0, 0.1) is 22.0 Å². The number of halogens is 1. The van der Waals surface area contributed by atoms with Gasteiger partial charge in [0.15, 0.2) is 0 Å². The van der Waals surface area contributed by atoms with Crippen molar-refractivity contribution < 1.29 is 4.92 Å². The first-order chi connectivity index (χ1) is 8.90. The average molecular weight is 285 g/mol. The Balaban J connectivity index is 2.44. The molecule has 1 fully saturated rings. The molecule has 0 N–H and O–H groups in total. The van der Waals surface area contributed by atoms with Crippen molar-refractivity contribution in [3.63, 3.8) is 0 Å². The van der Waals surface area contributed by atoms with Gasteiger partial charge in [0.25, 0.3) is 0 Å². The Kier molecular flexibility index (Phi) is 3.89. The molecule has 0 aliphatic carbocycles. The van der Waals surface area contributed by atoms with Crippen LogP contribution in [0.4, 0.5) is 11.5 Å². The number of piperidine rings is 1. The standard InChI is InChI=1S/C12H17ClN4O2/c1-7-4-8(2)9(3)16(6-7)11-10(17(18)19)5-14-12(13)15-11/h5,7-9H,4,6H2,1-3H3.